The van der Waals surface area contributed by atoms with Gasteiger partial charge in [0.1, 0.15) is 4.90 Å². The van der Waals surface area contributed by atoms with Crippen LogP contribution < -0.4 is 0 Å². The van der Waals surface area contributed by atoms with Crippen LogP contribution in [0.3, 0.4) is 0 Å². The van der Waals surface area contributed by atoms with Crippen molar-refractivity contribution in [2.24, 2.45) is 11.8 Å². The van der Waals surface area contributed by atoms with Gasteiger partial charge in [-0.2, -0.15) is 4.31 Å². The van der Waals surface area contributed by atoms with E-state index in [1.807, 2.05) is 0 Å². The van der Waals surface area contributed by atoms with Crippen LogP contribution in [-0.4, -0.2) is 35.8 Å². The van der Waals surface area contributed by atoms with Crippen LogP contribution in [0.4, 0.5) is 0 Å². The molecule has 0 spiro atoms. The van der Waals surface area contributed by atoms with Crippen molar-refractivity contribution in [1.82, 2.24) is 14.3 Å². The lowest BCUT2D eigenvalue weighted by Crippen LogP contribution is -2.34. The fourth-order valence-corrected chi connectivity index (χ4v) is 3.20. The Morgan fingerprint density at radius 2 is 1.48 bits per heavy atom. The molecule has 0 aliphatic rings. The van der Waals surface area contributed by atoms with Crippen molar-refractivity contribution >= 4 is 21.6 Å². The molecule has 0 saturated heterocycles. The molecule has 1 aromatic heterocycles. The second-order valence-corrected chi connectivity index (χ2v) is 8.23. The fraction of sp³-hybridized carbons (Fsp3) is 0.714. The average molecular weight is 334 g/mol. The Morgan fingerprint density at radius 3 is 1.86 bits per heavy atom. The van der Waals surface area contributed by atoms with E-state index in [1.165, 1.54) is 16.7 Å². The number of halogens is 1. The molecule has 1 heterocycles. The van der Waals surface area contributed by atoms with Crippen LogP contribution in [0.5, 0.6) is 0 Å². The molecule has 120 valence electrons. The Morgan fingerprint density at radius 1 is 1.05 bits per heavy atom. The van der Waals surface area contributed by atoms with Crippen LogP contribution in [0.1, 0.15) is 40.5 Å². The molecule has 0 unspecified atom stereocenters. The second-order valence-electron chi connectivity index (χ2n) is 5.96. The number of sulfonamides is 1. The molecule has 0 radical (unpaired) electrons. The molecule has 0 N–H and O–H groups in total. The van der Waals surface area contributed by atoms with Gasteiger partial charge in [-0.3, -0.25) is 0 Å². The van der Waals surface area contributed by atoms with Crippen molar-refractivity contribution in [2.45, 2.75) is 45.4 Å². The first-order valence-corrected chi connectivity index (χ1v) is 9.03. The maximum Gasteiger partial charge on any atom is 0.246 e. The lowest BCUT2D eigenvalue weighted by Gasteiger charge is -2.23. The van der Waals surface area contributed by atoms with Gasteiger partial charge in [-0.1, -0.05) is 27.7 Å². The maximum absolute atomic E-state index is 12.7. The van der Waals surface area contributed by atoms with Gasteiger partial charge in [0.25, 0.3) is 0 Å². The van der Waals surface area contributed by atoms with Gasteiger partial charge >= 0.3 is 0 Å². The van der Waals surface area contributed by atoms with Gasteiger partial charge in [-0.05, 0) is 36.3 Å². The summed E-state index contributed by atoms with van der Waals surface area (Å²) >= 11 is 5.62. The van der Waals surface area contributed by atoms with E-state index in [9.17, 15) is 8.42 Å². The van der Waals surface area contributed by atoms with E-state index in [0.717, 1.165) is 12.8 Å². The van der Waals surface area contributed by atoms with Gasteiger partial charge in [0.05, 0.1) is 12.4 Å². The highest BCUT2D eigenvalue weighted by Crippen LogP contribution is 2.18. The predicted molar refractivity (Wildman–Crippen MR) is 84.7 cm³/mol. The zero-order valence-electron chi connectivity index (χ0n) is 13.1. The number of hydrogen-bond donors (Lipinski definition) is 0. The largest absolute Gasteiger partial charge is 0.246 e. The summed E-state index contributed by atoms with van der Waals surface area (Å²) in [5, 5.41) is 0.0462. The Kier molecular flexibility index (Phi) is 7.03. The first-order chi connectivity index (χ1) is 9.73. The summed E-state index contributed by atoms with van der Waals surface area (Å²) in [6.45, 7) is 9.35. The van der Waals surface area contributed by atoms with Gasteiger partial charge in [-0.25, -0.2) is 18.4 Å². The van der Waals surface area contributed by atoms with Crippen molar-refractivity contribution in [3.63, 3.8) is 0 Å². The standard InChI is InChI=1S/C14H24ClN3O2S/c1-11(2)5-7-18(8-6-12(3)4)21(19,20)13-9-16-14(15)17-10-13/h9-12H,5-8H2,1-4H3. The summed E-state index contributed by atoms with van der Waals surface area (Å²) in [5.74, 6) is 0.895. The summed E-state index contributed by atoms with van der Waals surface area (Å²) in [6, 6.07) is 0. The zero-order valence-corrected chi connectivity index (χ0v) is 14.7. The lowest BCUT2D eigenvalue weighted by molar-refractivity contribution is 0.357. The van der Waals surface area contributed by atoms with Crippen LogP contribution in [0.25, 0.3) is 0 Å². The van der Waals surface area contributed by atoms with Gasteiger partial charge in [0.2, 0.25) is 15.3 Å². The van der Waals surface area contributed by atoms with E-state index in [0.29, 0.717) is 24.9 Å². The van der Waals surface area contributed by atoms with Crippen LogP contribution in [0, 0.1) is 11.8 Å². The third kappa shape index (κ3) is 5.88. The SMILES string of the molecule is CC(C)CCN(CCC(C)C)S(=O)(=O)c1cnc(Cl)nc1. The highest BCUT2D eigenvalue weighted by molar-refractivity contribution is 7.89. The second kappa shape index (κ2) is 8.06. The maximum atomic E-state index is 12.7. The Hall–Kier alpha value is -0.720. The van der Waals surface area contributed by atoms with Crippen molar-refractivity contribution < 1.29 is 8.42 Å². The number of nitrogens with zero attached hydrogens (tertiary/aromatic N) is 3. The fourth-order valence-electron chi connectivity index (χ4n) is 1.74. The molecule has 0 aliphatic carbocycles. The molecule has 1 aromatic rings. The van der Waals surface area contributed by atoms with Crippen LogP contribution >= 0.6 is 11.6 Å². The van der Waals surface area contributed by atoms with Gasteiger partial charge in [0.15, 0.2) is 0 Å². The molecule has 1 rings (SSSR count). The van der Waals surface area contributed by atoms with Crippen molar-refractivity contribution in [3.8, 4) is 0 Å². The Bertz CT molecular complexity index is 518. The molecule has 5 nitrogen and oxygen atoms in total. The molecule has 0 amide bonds. The molecule has 0 aliphatic heterocycles. The topological polar surface area (TPSA) is 63.2 Å². The minimum atomic E-state index is -3.56. The summed E-state index contributed by atoms with van der Waals surface area (Å²) < 4.78 is 26.9. The molecular weight excluding hydrogens is 310 g/mol. The monoisotopic (exact) mass is 333 g/mol. The first kappa shape index (κ1) is 18.3. The van der Waals surface area contributed by atoms with E-state index in [1.54, 1.807) is 0 Å². The highest BCUT2D eigenvalue weighted by atomic mass is 35.5. The van der Waals surface area contributed by atoms with Crippen LogP contribution in [-0.2, 0) is 10.0 Å². The summed E-state index contributed by atoms with van der Waals surface area (Å²) in [7, 11) is -3.56. The molecule has 0 atom stereocenters. The first-order valence-electron chi connectivity index (χ1n) is 7.21. The predicted octanol–water partition coefficient (Wildman–Crippen LogP) is 3.21. The summed E-state index contributed by atoms with van der Waals surface area (Å²) in [6.07, 6.45) is 4.18. The van der Waals surface area contributed by atoms with Crippen molar-refractivity contribution in [2.75, 3.05) is 13.1 Å². The number of aromatic nitrogens is 2. The molecule has 0 fully saturated rings. The minimum Gasteiger partial charge on any atom is -0.225 e. The van der Waals surface area contributed by atoms with Gasteiger partial charge in [-0.15, -0.1) is 0 Å². The average Bonchev–Trinajstić information content (AvgIpc) is 2.38. The van der Waals surface area contributed by atoms with E-state index < -0.39 is 10.0 Å². The Labute approximate surface area is 132 Å². The van der Waals surface area contributed by atoms with E-state index in [2.05, 4.69) is 37.7 Å². The van der Waals surface area contributed by atoms with Crippen LogP contribution in [0.15, 0.2) is 17.3 Å². The third-order valence-electron chi connectivity index (χ3n) is 3.15. The van der Waals surface area contributed by atoms with Gasteiger partial charge < -0.3 is 0 Å². The molecule has 7 heteroatoms. The minimum absolute atomic E-state index is 0.0462. The summed E-state index contributed by atoms with van der Waals surface area (Å²) in [4.78, 5) is 7.63. The molecule has 21 heavy (non-hydrogen) atoms. The zero-order chi connectivity index (χ0) is 16.0. The number of rotatable bonds is 8. The van der Waals surface area contributed by atoms with Crippen molar-refractivity contribution in [3.05, 3.63) is 17.7 Å². The van der Waals surface area contributed by atoms with E-state index >= 15 is 0 Å². The summed E-state index contributed by atoms with van der Waals surface area (Å²) in [5.41, 5.74) is 0. The number of hydrogen-bond acceptors (Lipinski definition) is 4. The van der Waals surface area contributed by atoms with Crippen molar-refractivity contribution in [1.29, 1.82) is 0 Å². The molecule has 0 bridgehead atoms. The molecular formula is C14H24ClN3O2S. The quantitative estimate of drug-likeness (QED) is 0.685. The van der Waals surface area contributed by atoms with Gasteiger partial charge in [0, 0.05) is 13.1 Å². The molecule has 0 saturated carbocycles. The van der Waals surface area contributed by atoms with E-state index in [-0.39, 0.29) is 10.2 Å². The van der Waals surface area contributed by atoms with Crippen LogP contribution in [0.2, 0.25) is 5.28 Å². The molecule has 0 aromatic carbocycles. The Balaban J connectivity index is 2.95. The van der Waals surface area contributed by atoms with E-state index in [4.69, 9.17) is 11.6 Å². The highest BCUT2D eigenvalue weighted by Gasteiger charge is 2.25. The normalized spacial score (nSPS) is 12.6. The third-order valence-corrected chi connectivity index (χ3v) is 5.19. The lowest BCUT2D eigenvalue weighted by atomic mass is 10.1. The smallest absolute Gasteiger partial charge is 0.225 e.